The van der Waals surface area contributed by atoms with Gasteiger partial charge in [-0.2, -0.15) is 5.10 Å². The first kappa shape index (κ1) is 19.1. The molecule has 0 bridgehead atoms. The summed E-state index contributed by atoms with van der Waals surface area (Å²) in [5, 5.41) is 16.4. The van der Waals surface area contributed by atoms with E-state index in [1.54, 1.807) is 4.52 Å². The minimum absolute atomic E-state index is 0.0838. The molecule has 3 N–H and O–H groups in total. The van der Waals surface area contributed by atoms with Gasteiger partial charge in [-0.3, -0.25) is 0 Å². The summed E-state index contributed by atoms with van der Waals surface area (Å²) in [6, 6.07) is 16.2. The van der Waals surface area contributed by atoms with Gasteiger partial charge in [0.1, 0.15) is 0 Å². The maximum absolute atomic E-state index is 8.82. The summed E-state index contributed by atoms with van der Waals surface area (Å²) in [6.07, 6.45) is 9.59. The number of anilines is 1. The zero-order chi connectivity index (χ0) is 21.2. The molecule has 2 aromatic carbocycles. The molecule has 1 saturated heterocycles. The van der Waals surface area contributed by atoms with Crippen molar-refractivity contribution in [3.8, 4) is 22.3 Å². The van der Waals surface area contributed by atoms with E-state index in [0.29, 0.717) is 5.56 Å². The van der Waals surface area contributed by atoms with Crippen LogP contribution in [0.1, 0.15) is 24.8 Å². The van der Waals surface area contributed by atoms with Crippen molar-refractivity contribution in [2.24, 2.45) is 10.9 Å². The van der Waals surface area contributed by atoms with Crippen LogP contribution in [0.5, 0.6) is 0 Å². The zero-order valence-corrected chi connectivity index (χ0v) is 17.1. The van der Waals surface area contributed by atoms with Crippen LogP contribution < -0.4 is 10.6 Å². The lowest BCUT2D eigenvalue weighted by Gasteiger charge is -2.28. The van der Waals surface area contributed by atoms with Crippen molar-refractivity contribution in [2.45, 2.75) is 19.3 Å². The summed E-state index contributed by atoms with van der Waals surface area (Å²) >= 11 is 0. The Balaban J connectivity index is 1.41. The van der Waals surface area contributed by atoms with E-state index in [1.807, 2.05) is 42.9 Å². The average Bonchev–Trinajstić information content (AvgIpc) is 3.27. The number of nitrogens with zero attached hydrogens (tertiary/aromatic N) is 5. The average molecular weight is 412 g/mol. The second-order valence-electron chi connectivity index (χ2n) is 7.83. The van der Waals surface area contributed by atoms with Crippen LogP contribution in [0.2, 0.25) is 0 Å². The fourth-order valence-corrected chi connectivity index (χ4v) is 4.12. The number of hydrogen-bond donors (Lipinski definition) is 2. The van der Waals surface area contributed by atoms with Gasteiger partial charge >= 0.3 is 0 Å². The van der Waals surface area contributed by atoms with E-state index in [2.05, 4.69) is 44.4 Å². The van der Waals surface area contributed by atoms with Crippen LogP contribution in [0.4, 0.5) is 5.69 Å². The zero-order valence-electron chi connectivity index (χ0n) is 17.1. The molecular formula is C24H24N6O. The largest absolute Gasteiger partial charge is 0.409 e. The molecule has 0 atom stereocenters. The third-order valence-electron chi connectivity index (χ3n) is 5.88. The lowest BCUT2D eigenvalue weighted by molar-refractivity contribution is 0.318. The number of hydrogen-bond acceptors (Lipinski definition) is 5. The highest BCUT2D eigenvalue weighted by atomic mass is 16.4. The van der Waals surface area contributed by atoms with Crippen molar-refractivity contribution in [3.05, 3.63) is 72.7 Å². The third-order valence-corrected chi connectivity index (χ3v) is 5.88. The number of fused-ring (bicyclic) bond motifs is 1. The summed E-state index contributed by atoms with van der Waals surface area (Å²) in [7, 11) is 0. The molecule has 156 valence electrons. The molecule has 0 saturated carbocycles. The molecule has 3 heterocycles. The Labute approximate surface area is 180 Å². The Kier molecular flexibility index (Phi) is 5.00. The topological polar surface area (TPSA) is 92.0 Å². The molecule has 1 aliphatic heterocycles. The van der Waals surface area contributed by atoms with E-state index < -0.39 is 0 Å². The Morgan fingerprint density at radius 3 is 2.29 bits per heavy atom. The number of oxime groups is 1. The van der Waals surface area contributed by atoms with Gasteiger partial charge in [0.05, 0.1) is 6.20 Å². The van der Waals surface area contributed by atoms with Gasteiger partial charge < -0.3 is 15.8 Å². The predicted molar refractivity (Wildman–Crippen MR) is 122 cm³/mol. The lowest BCUT2D eigenvalue weighted by atomic mass is 10.1. The monoisotopic (exact) mass is 412 g/mol. The van der Waals surface area contributed by atoms with E-state index >= 15 is 0 Å². The summed E-state index contributed by atoms with van der Waals surface area (Å²) in [4.78, 5) is 7.14. The first-order valence-corrected chi connectivity index (χ1v) is 10.5. The van der Waals surface area contributed by atoms with Gasteiger partial charge in [-0.15, -0.1) is 0 Å². The van der Waals surface area contributed by atoms with Gasteiger partial charge in [0.25, 0.3) is 0 Å². The first-order chi connectivity index (χ1) is 15.2. The van der Waals surface area contributed by atoms with Crippen molar-refractivity contribution in [1.29, 1.82) is 0 Å². The van der Waals surface area contributed by atoms with Crippen LogP contribution in [0, 0.1) is 0 Å². The highest BCUT2D eigenvalue weighted by Gasteiger charge is 2.12. The molecule has 0 aliphatic carbocycles. The summed E-state index contributed by atoms with van der Waals surface area (Å²) in [6.45, 7) is 2.28. The van der Waals surface area contributed by atoms with E-state index in [9.17, 15) is 0 Å². The molecule has 0 amide bonds. The Morgan fingerprint density at radius 2 is 1.58 bits per heavy atom. The second kappa shape index (κ2) is 8.10. The van der Waals surface area contributed by atoms with Gasteiger partial charge in [-0.25, -0.2) is 9.50 Å². The van der Waals surface area contributed by atoms with E-state index in [1.165, 1.54) is 24.9 Å². The smallest absolute Gasteiger partial charge is 0.170 e. The summed E-state index contributed by atoms with van der Waals surface area (Å²) < 4.78 is 1.81. The van der Waals surface area contributed by atoms with E-state index in [-0.39, 0.29) is 5.84 Å². The molecule has 2 aromatic heterocycles. The number of amidine groups is 1. The van der Waals surface area contributed by atoms with E-state index in [4.69, 9.17) is 10.9 Å². The summed E-state index contributed by atoms with van der Waals surface area (Å²) in [5.74, 6) is 0.0838. The fourth-order valence-electron chi connectivity index (χ4n) is 4.12. The highest BCUT2D eigenvalue weighted by Crippen LogP contribution is 2.28. The molecule has 0 radical (unpaired) electrons. The van der Waals surface area contributed by atoms with Gasteiger partial charge in [0, 0.05) is 47.9 Å². The van der Waals surface area contributed by atoms with Crippen LogP contribution in [0.3, 0.4) is 0 Å². The van der Waals surface area contributed by atoms with Crippen molar-refractivity contribution < 1.29 is 5.21 Å². The normalized spacial score (nSPS) is 14.8. The number of benzene rings is 2. The third kappa shape index (κ3) is 3.70. The van der Waals surface area contributed by atoms with Crippen LogP contribution in [-0.2, 0) is 0 Å². The minimum atomic E-state index is 0.0838. The number of nitrogens with two attached hydrogens (primary N) is 1. The fraction of sp³-hybridized carbons (Fsp3) is 0.208. The molecular weight excluding hydrogens is 388 g/mol. The molecule has 5 rings (SSSR count). The highest BCUT2D eigenvalue weighted by molar-refractivity contribution is 5.97. The van der Waals surface area contributed by atoms with Crippen LogP contribution in [0.25, 0.3) is 27.9 Å². The van der Waals surface area contributed by atoms with Crippen molar-refractivity contribution in [3.63, 3.8) is 0 Å². The molecule has 1 aliphatic rings. The van der Waals surface area contributed by atoms with E-state index in [0.717, 1.165) is 41.0 Å². The predicted octanol–water partition coefficient (Wildman–Crippen LogP) is 4.15. The second-order valence-corrected chi connectivity index (χ2v) is 7.83. The molecule has 7 nitrogen and oxygen atoms in total. The number of aromatic nitrogens is 3. The Hall–Kier alpha value is -3.87. The molecule has 1 fully saturated rings. The van der Waals surface area contributed by atoms with Crippen molar-refractivity contribution in [1.82, 2.24) is 14.6 Å². The van der Waals surface area contributed by atoms with Crippen LogP contribution >= 0.6 is 0 Å². The van der Waals surface area contributed by atoms with Gasteiger partial charge in [-0.1, -0.05) is 41.6 Å². The molecule has 0 unspecified atom stereocenters. The van der Waals surface area contributed by atoms with Crippen molar-refractivity contribution in [2.75, 3.05) is 18.0 Å². The number of rotatable bonds is 4. The number of piperidine rings is 1. The van der Waals surface area contributed by atoms with Gasteiger partial charge in [0.15, 0.2) is 11.5 Å². The maximum Gasteiger partial charge on any atom is 0.170 e. The van der Waals surface area contributed by atoms with Crippen LogP contribution in [0.15, 0.2) is 72.3 Å². The maximum atomic E-state index is 8.82. The first-order valence-electron chi connectivity index (χ1n) is 10.5. The molecule has 4 aromatic rings. The summed E-state index contributed by atoms with van der Waals surface area (Å²) in [5.41, 5.74) is 12.4. The lowest BCUT2D eigenvalue weighted by Crippen LogP contribution is -2.29. The van der Waals surface area contributed by atoms with Gasteiger partial charge in [0.2, 0.25) is 0 Å². The molecule has 0 spiro atoms. The quantitative estimate of drug-likeness (QED) is 0.227. The van der Waals surface area contributed by atoms with Crippen molar-refractivity contribution >= 4 is 17.2 Å². The van der Waals surface area contributed by atoms with Gasteiger partial charge in [-0.05, 0) is 42.5 Å². The Morgan fingerprint density at radius 1 is 0.871 bits per heavy atom. The SMILES string of the molecule is N/C(=N/O)c1ccc(-c2cnn3cc(-c4ccc(N5CCCCC5)cc4)cnc23)cc1. The standard InChI is InChI=1S/C24H24N6O/c25-23(28-31)19-6-4-18(5-7-19)22-15-27-30-16-20(14-26-24(22)30)17-8-10-21(11-9-17)29-12-2-1-3-13-29/h4-11,14-16,31H,1-3,12-13H2,(H2,25,28). The molecule has 7 heteroatoms. The van der Waals surface area contributed by atoms with Crippen LogP contribution in [-0.4, -0.2) is 38.7 Å². The Bertz CT molecular complexity index is 1220. The molecule has 31 heavy (non-hydrogen) atoms. The minimum Gasteiger partial charge on any atom is -0.409 e.